The summed E-state index contributed by atoms with van der Waals surface area (Å²) in [6.45, 7) is 4.82. The lowest BCUT2D eigenvalue weighted by Crippen LogP contribution is -2.44. The molecule has 3 atom stereocenters. The van der Waals surface area contributed by atoms with E-state index in [2.05, 4.69) is 13.8 Å². The monoisotopic (exact) mass is 304 g/mol. The van der Waals surface area contributed by atoms with Gasteiger partial charge in [-0.15, -0.1) is 0 Å². The predicted octanol–water partition coefficient (Wildman–Crippen LogP) is 3.05. The van der Waals surface area contributed by atoms with Gasteiger partial charge in [0.15, 0.2) is 0 Å². The third-order valence-electron chi connectivity index (χ3n) is 4.21. The number of nitrogens with zero attached hydrogens (tertiary/aromatic N) is 2. The fourth-order valence-corrected chi connectivity index (χ4v) is 3.36. The van der Waals surface area contributed by atoms with Crippen LogP contribution in [0.1, 0.15) is 13.8 Å². The van der Waals surface area contributed by atoms with Crippen molar-refractivity contribution in [3.8, 4) is 0 Å². The molecular formula is C17H21FN2O2. The van der Waals surface area contributed by atoms with Crippen LogP contribution in [0.2, 0.25) is 0 Å². The highest BCUT2D eigenvalue weighted by Crippen LogP contribution is 2.36. The van der Waals surface area contributed by atoms with E-state index in [1.54, 1.807) is 24.1 Å². The minimum Gasteiger partial charge on any atom is -0.375 e. The molecule has 1 aliphatic heterocycles. The number of urea groups is 1. The van der Waals surface area contributed by atoms with Crippen LogP contribution in [0.15, 0.2) is 36.4 Å². The van der Waals surface area contributed by atoms with Crippen molar-refractivity contribution in [3.63, 3.8) is 0 Å². The molecule has 22 heavy (non-hydrogen) atoms. The second kappa shape index (κ2) is 5.72. The topological polar surface area (TPSA) is 32.8 Å². The molecule has 1 aromatic carbocycles. The van der Waals surface area contributed by atoms with Gasteiger partial charge < -0.3 is 9.64 Å². The fourth-order valence-electron chi connectivity index (χ4n) is 3.36. The minimum atomic E-state index is -0.338. The maximum absolute atomic E-state index is 13.5. The smallest absolute Gasteiger partial charge is 0.325 e. The Hall–Kier alpha value is -1.88. The van der Waals surface area contributed by atoms with Gasteiger partial charge in [0.1, 0.15) is 5.82 Å². The molecule has 118 valence electrons. The largest absolute Gasteiger partial charge is 0.375 e. The molecule has 1 aromatic rings. The lowest BCUT2D eigenvalue weighted by molar-refractivity contribution is 0.0738. The fraction of sp³-hybridized carbons (Fsp3) is 0.471. The summed E-state index contributed by atoms with van der Waals surface area (Å²) < 4.78 is 19.1. The van der Waals surface area contributed by atoms with Crippen LogP contribution in [-0.4, -0.2) is 42.8 Å². The molecule has 5 heteroatoms. The van der Waals surface area contributed by atoms with E-state index >= 15 is 0 Å². The second-order valence-corrected chi connectivity index (χ2v) is 6.25. The molecule has 1 heterocycles. The number of rotatable bonds is 4. The Bertz CT molecular complexity index is 602. The summed E-state index contributed by atoms with van der Waals surface area (Å²) in [7, 11) is 1.65. The average molecular weight is 304 g/mol. The highest BCUT2D eigenvalue weighted by atomic mass is 19.1. The molecule has 0 saturated carbocycles. The maximum atomic E-state index is 13.5. The minimum absolute atomic E-state index is 0.0526. The summed E-state index contributed by atoms with van der Waals surface area (Å²) in [5.74, 6) is 0.0181. The third-order valence-corrected chi connectivity index (χ3v) is 4.21. The van der Waals surface area contributed by atoms with Crippen LogP contribution in [0.25, 0.3) is 0 Å². The van der Waals surface area contributed by atoms with Gasteiger partial charge in [-0.2, -0.15) is 0 Å². The van der Waals surface area contributed by atoms with Gasteiger partial charge in [-0.1, -0.05) is 32.1 Å². The van der Waals surface area contributed by atoms with Gasteiger partial charge in [-0.25, -0.2) is 9.18 Å². The Balaban J connectivity index is 1.98. The van der Waals surface area contributed by atoms with Crippen LogP contribution in [0.4, 0.5) is 14.9 Å². The molecule has 0 unspecified atom stereocenters. The Labute approximate surface area is 130 Å². The molecule has 1 aliphatic carbocycles. The quantitative estimate of drug-likeness (QED) is 0.801. The molecule has 0 bridgehead atoms. The van der Waals surface area contributed by atoms with Gasteiger partial charge in [0.05, 0.1) is 18.2 Å². The van der Waals surface area contributed by atoms with Crippen LogP contribution >= 0.6 is 0 Å². The molecule has 0 aromatic heterocycles. The van der Waals surface area contributed by atoms with Crippen molar-refractivity contribution in [2.75, 3.05) is 18.6 Å². The van der Waals surface area contributed by atoms with E-state index in [4.69, 9.17) is 4.74 Å². The van der Waals surface area contributed by atoms with Crippen LogP contribution in [0.3, 0.4) is 0 Å². The van der Waals surface area contributed by atoms with Gasteiger partial charge in [-0.05, 0) is 24.1 Å². The number of hydrogen-bond donors (Lipinski definition) is 0. The Kier molecular flexibility index (Phi) is 3.91. The van der Waals surface area contributed by atoms with E-state index in [1.165, 1.54) is 12.1 Å². The molecule has 0 spiro atoms. The molecule has 3 rings (SSSR count). The number of methoxy groups -OCH3 is 1. The number of anilines is 1. The zero-order valence-corrected chi connectivity index (χ0v) is 13.1. The van der Waals surface area contributed by atoms with E-state index < -0.39 is 0 Å². The van der Waals surface area contributed by atoms with Gasteiger partial charge in [-0.3, -0.25) is 4.90 Å². The highest BCUT2D eigenvalue weighted by molar-refractivity contribution is 5.96. The average Bonchev–Trinajstić information content (AvgIpc) is 2.98. The van der Waals surface area contributed by atoms with E-state index in [9.17, 15) is 9.18 Å². The molecule has 4 nitrogen and oxygen atoms in total. The SMILES string of the molecule is CO[C@@H]1C=C[C@@H]2[C@H]1N(CC(C)C)C(=O)N2c1cccc(F)c1. The number of carbonyl (C=O) groups excluding carboxylic acids is 1. The number of hydrogen-bond acceptors (Lipinski definition) is 2. The zero-order chi connectivity index (χ0) is 15.9. The van der Waals surface area contributed by atoms with E-state index in [1.807, 2.05) is 17.1 Å². The van der Waals surface area contributed by atoms with Crippen LogP contribution in [0.5, 0.6) is 0 Å². The molecule has 2 aliphatic rings. The number of carbonyl (C=O) groups is 1. The first-order valence-electron chi connectivity index (χ1n) is 7.59. The van der Waals surface area contributed by atoms with Crippen molar-refractivity contribution >= 4 is 11.7 Å². The van der Waals surface area contributed by atoms with Crippen molar-refractivity contribution in [3.05, 3.63) is 42.2 Å². The Morgan fingerprint density at radius 3 is 2.73 bits per heavy atom. The predicted molar refractivity (Wildman–Crippen MR) is 83.3 cm³/mol. The Morgan fingerprint density at radius 2 is 2.09 bits per heavy atom. The molecule has 1 saturated heterocycles. The second-order valence-electron chi connectivity index (χ2n) is 6.25. The van der Waals surface area contributed by atoms with E-state index in [-0.39, 0.29) is 30.0 Å². The molecular weight excluding hydrogens is 283 g/mol. The van der Waals surface area contributed by atoms with Crippen LogP contribution < -0.4 is 4.90 Å². The van der Waals surface area contributed by atoms with Crippen molar-refractivity contribution in [1.82, 2.24) is 4.90 Å². The summed E-state index contributed by atoms with van der Waals surface area (Å²) in [5.41, 5.74) is 0.590. The standard InChI is InChI=1S/C17H21FN2O2/c1-11(2)10-19-16-14(7-8-15(16)22-3)20(17(19)21)13-6-4-5-12(18)9-13/h4-9,11,14-16H,10H2,1-3H3/t14-,15-,16-/m1/s1. The molecule has 0 radical (unpaired) electrons. The number of amides is 2. The van der Waals surface area contributed by atoms with Gasteiger partial charge in [0.25, 0.3) is 0 Å². The third kappa shape index (κ3) is 2.39. The first-order valence-corrected chi connectivity index (χ1v) is 7.59. The summed E-state index contributed by atoms with van der Waals surface area (Å²) >= 11 is 0. The number of halogens is 1. The first kappa shape index (κ1) is 15.0. The molecule has 2 amide bonds. The number of fused-ring (bicyclic) bond motifs is 1. The maximum Gasteiger partial charge on any atom is 0.325 e. The van der Waals surface area contributed by atoms with Crippen LogP contribution in [-0.2, 0) is 4.74 Å². The lowest BCUT2D eigenvalue weighted by atomic mass is 10.1. The normalized spacial score (nSPS) is 27.1. The summed E-state index contributed by atoms with van der Waals surface area (Å²) in [6.07, 6.45) is 3.86. The van der Waals surface area contributed by atoms with Crippen molar-refractivity contribution in [2.24, 2.45) is 5.92 Å². The highest BCUT2D eigenvalue weighted by Gasteiger charge is 2.51. The van der Waals surface area contributed by atoms with Gasteiger partial charge in [0, 0.05) is 19.3 Å². The van der Waals surface area contributed by atoms with Gasteiger partial charge >= 0.3 is 6.03 Å². The van der Waals surface area contributed by atoms with Gasteiger partial charge in [0.2, 0.25) is 0 Å². The molecule has 0 N–H and O–H groups in total. The van der Waals surface area contributed by atoms with Crippen LogP contribution in [0, 0.1) is 11.7 Å². The van der Waals surface area contributed by atoms with Crippen molar-refractivity contribution in [1.29, 1.82) is 0 Å². The summed E-state index contributed by atoms with van der Waals surface area (Å²) in [6, 6.07) is 5.94. The number of ether oxygens (including phenoxy) is 1. The Morgan fingerprint density at radius 1 is 1.32 bits per heavy atom. The van der Waals surface area contributed by atoms with E-state index in [0.29, 0.717) is 18.2 Å². The number of benzene rings is 1. The first-order chi connectivity index (χ1) is 10.5. The van der Waals surface area contributed by atoms with E-state index in [0.717, 1.165) is 0 Å². The van der Waals surface area contributed by atoms with Crippen molar-refractivity contribution in [2.45, 2.75) is 32.0 Å². The summed E-state index contributed by atoms with van der Waals surface area (Å²) in [5, 5.41) is 0. The lowest BCUT2D eigenvalue weighted by Gasteiger charge is -2.28. The molecule has 1 fully saturated rings. The zero-order valence-electron chi connectivity index (χ0n) is 13.1. The van der Waals surface area contributed by atoms with Crippen molar-refractivity contribution < 1.29 is 13.9 Å². The summed E-state index contributed by atoms with van der Waals surface area (Å²) in [4.78, 5) is 16.4.